The van der Waals surface area contributed by atoms with E-state index in [0.29, 0.717) is 23.6 Å². The van der Waals surface area contributed by atoms with Gasteiger partial charge < -0.3 is 15.4 Å². The molecule has 4 rings (SSSR count). The van der Waals surface area contributed by atoms with Crippen molar-refractivity contribution in [3.63, 3.8) is 0 Å². The molecule has 0 saturated carbocycles. The second-order valence-corrected chi connectivity index (χ2v) is 6.58. The van der Waals surface area contributed by atoms with Crippen LogP contribution in [0.3, 0.4) is 0 Å². The number of primary amides is 1. The van der Waals surface area contributed by atoms with Gasteiger partial charge in [-0.1, -0.05) is 12.1 Å². The first-order valence-electron chi connectivity index (χ1n) is 8.96. The summed E-state index contributed by atoms with van der Waals surface area (Å²) in [5.41, 5.74) is 6.56. The van der Waals surface area contributed by atoms with E-state index in [4.69, 9.17) is 10.5 Å². The Morgan fingerprint density at radius 2 is 2.18 bits per heavy atom. The lowest BCUT2D eigenvalue weighted by atomic mass is 10.0. The SMILES string of the molecule is CCOc1nc2ccc(N3C[C@@H](F)C[C@@H]3c3cccc(F)c3)nn2c1C(N)=O. The van der Waals surface area contributed by atoms with E-state index < -0.39 is 12.1 Å². The Bertz CT molecular complexity index is 1040. The first-order chi connectivity index (χ1) is 13.5. The molecule has 1 saturated heterocycles. The van der Waals surface area contributed by atoms with E-state index in [1.54, 1.807) is 36.1 Å². The smallest absolute Gasteiger partial charge is 0.273 e. The fraction of sp³-hybridized carbons (Fsp3) is 0.316. The van der Waals surface area contributed by atoms with E-state index >= 15 is 0 Å². The minimum Gasteiger partial charge on any atom is -0.476 e. The first-order valence-corrected chi connectivity index (χ1v) is 8.96. The highest BCUT2D eigenvalue weighted by atomic mass is 19.1. The average molecular weight is 387 g/mol. The van der Waals surface area contributed by atoms with Gasteiger partial charge in [-0.25, -0.2) is 13.3 Å². The minimum absolute atomic E-state index is 0.0250. The molecule has 2 N–H and O–H groups in total. The zero-order valence-electron chi connectivity index (χ0n) is 15.2. The molecule has 7 nitrogen and oxygen atoms in total. The average Bonchev–Trinajstić information content (AvgIpc) is 3.21. The lowest BCUT2D eigenvalue weighted by Crippen LogP contribution is -2.26. The topological polar surface area (TPSA) is 85.8 Å². The van der Waals surface area contributed by atoms with Gasteiger partial charge in [-0.3, -0.25) is 4.79 Å². The molecule has 3 heterocycles. The van der Waals surface area contributed by atoms with Gasteiger partial charge in [0.25, 0.3) is 5.91 Å². The molecule has 0 radical (unpaired) electrons. The summed E-state index contributed by atoms with van der Waals surface area (Å²) in [5.74, 6) is -0.571. The molecule has 2 aromatic heterocycles. The molecule has 28 heavy (non-hydrogen) atoms. The number of rotatable bonds is 5. The lowest BCUT2D eigenvalue weighted by molar-refractivity contribution is 0.0989. The number of carbonyl (C=O) groups excluding carboxylic acids is 1. The van der Waals surface area contributed by atoms with Gasteiger partial charge in [0, 0.05) is 6.42 Å². The fourth-order valence-electron chi connectivity index (χ4n) is 3.57. The van der Waals surface area contributed by atoms with Crippen molar-refractivity contribution in [2.75, 3.05) is 18.1 Å². The number of nitrogens with zero attached hydrogens (tertiary/aromatic N) is 4. The monoisotopic (exact) mass is 387 g/mol. The Hall–Kier alpha value is -3.23. The molecule has 0 bridgehead atoms. The highest BCUT2D eigenvalue weighted by Crippen LogP contribution is 2.37. The van der Waals surface area contributed by atoms with Crippen molar-refractivity contribution in [2.24, 2.45) is 5.73 Å². The van der Waals surface area contributed by atoms with E-state index in [-0.39, 0.29) is 36.4 Å². The van der Waals surface area contributed by atoms with E-state index in [2.05, 4.69) is 10.1 Å². The summed E-state index contributed by atoms with van der Waals surface area (Å²) < 4.78 is 34.6. The number of fused-ring (bicyclic) bond motifs is 1. The molecule has 0 spiro atoms. The van der Waals surface area contributed by atoms with Crippen LogP contribution in [0.5, 0.6) is 5.88 Å². The molecule has 1 aliphatic rings. The maximum Gasteiger partial charge on any atom is 0.273 e. The number of aromatic nitrogens is 3. The predicted molar refractivity (Wildman–Crippen MR) is 98.7 cm³/mol. The van der Waals surface area contributed by atoms with Crippen LogP contribution in [0.1, 0.15) is 35.4 Å². The summed E-state index contributed by atoms with van der Waals surface area (Å²) in [6.07, 6.45) is -0.858. The maximum atomic E-state index is 14.2. The standard InChI is InChI=1S/C19H19F2N5O2/c1-2-28-19-17(18(22)27)26-15(23-19)6-7-16(24-26)25-10-13(21)9-14(25)11-4-3-5-12(20)8-11/h3-8,13-14H,2,9-10H2,1H3,(H2,22,27)/t13-,14+/m0/s1. The summed E-state index contributed by atoms with van der Waals surface area (Å²) >= 11 is 0. The van der Waals surface area contributed by atoms with Gasteiger partial charge >= 0.3 is 0 Å². The highest BCUT2D eigenvalue weighted by molar-refractivity contribution is 5.94. The molecule has 1 aliphatic heterocycles. The van der Waals surface area contributed by atoms with Gasteiger partial charge in [0.15, 0.2) is 11.3 Å². The number of hydrogen-bond donors (Lipinski definition) is 1. The van der Waals surface area contributed by atoms with Gasteiger partial charge in [0.05, 0.1) is 19.2 Å². The number of imidazole rings is 1. The number of hydrogen-bond acceptors (Lipinski definition) is 5. The number of ether oxygens (including phenoxy) is 1. The zero-order valence-corrected chi connectivity index (χ0v) is 15.2. The third kappa shape index (κ3) is 3.12. The molecule has 1 aromatic carbocycles. The number of carbonyl (C=O) groups is 1. The van der Waals surface area contributed by atoms with Crippen LogP contribution in [-0.4, -0.2) is 39.8 Å². The van der Waals surface area contributed by atoms with Crippen molar-refractivity contribution in [1.29, 1.82) is 0 Å². The second-order valence-electron chi connectivity index (χ2n) is 6.58. The van der Waals surface area contributed by atoms with Crippen molar-refractivity contribution in [3.8, 4) is 5.88 Å². The van der Waals surface area contributed by atoms with E-state index in [0.717, 1.165) is 0 Å². The van der Waals surface area contributed by atoms with E-state index in [1.165, 1.54) is 16.6 Å². The van der Waals surface area contributed by atoms with Gasteiger partial charge in [-0.2, -0.15) is 4.98 Å². The number of benzene rings is 1. The maximum absolute atomic E-state index is 14.2. The van der Waals surface area contributed by atoms with Crippen LogP contribution in [0.2, 0.25) is 0 Å². The van der Waals surface area contributed by atoms with Crippen LogP contribution in [0.15, 0.2) is 36.4 Å². The van der Waals surface area contributed by atoms with Crippen molar-refractivity contribution in [1.82, 2.24) is 14.6 Å². The third-order valence-corrected chi connectivity index (χ3v) is 4.72. The van der Waals surface area contributed by atoms with Crippen LogP contribution in [0.25, 0.3) is 5.65 Å². The van der Waals surface area contributed by atoms with Gasteiger partial charge in [-0.15, -0.1) is 5.10 Å². The molecular weight excluding hydrogens is 368 g/mol. The van der Waals surface area contributed by atoms with Gasteiger partial charge in [-0.05, 0) is 36.8 Å². The van der Waals surface area contributed by atoms with Crippen LogP contribution in [-0.2, 0) is 0 Å². The van der Waals surface area contributed by atoms with Crippen molar-refractivity contribution < 1.29 is 18.3 Å². The first kappa shape index (κ1) is 18.1. The summed E-state index contributed by atoms with van der Waals surface area (Å²) in [7, 11) is 0. The Kier molecular flexibility index (Phi) is 4.58. The largest absolute Gasteiger partial charge is 0.476 e. The molecule has 1 amide bonds. The molecule has 146 valence electrons. The van der Waals surface area contributed by atoms with Gasteiger partial charge in [0.2, 0.25) is 5.88 Å². The summed E-state index contributed by atoms with van der Waals surface area (Å²) in [6, 6.07) is 9.07. The van der Waals surface area contributed by atoms with Crippen LogP contribution < -0.4 is 15.4 Å². The Balaban J connectivity index is 1.79. The molecule has 0 unspecified atom stereocenters. The van der Waals surface area contributed by atoms with Crippen molar-refractivity contribution in [2.45, 2.75) is 25.6 Å². The summed E-state index contributed by atoms with van der Waals surface area (Å²) in [4.78, 5) is 17.9. The minimum atomic E-state index is -1.08. The van der Waals surface area contributed by atoms with Crippen LogP contribution in [0.4, 0.5) is 14.6 Å². The molecule has 9 heteroatoms. The summed E-state index contributed by atoms with van der Waals surface area (Å²) in [6.45, 7) is 2.19. The predicted octanol–water partition coefficient (Wildman–Crippen LogP) is 2.66. The second kappa shape index (κ2) is 7.06. The van der Waals surface area contributed by atoms with Crippen LogP contribution >= 0.6 is 0 Å². The fourth-order valence-corrected chi connectivity index (χ4v) is 3.57. The number of halogens is 2. The molecule has 2 atom stereocenters. The number of amides is 1. The van der Waals surface area contributed by atoms with Crippen LogP contribution in [0, 0.1) is 5.82 Å². The molecule has 1 fully saturated rings. The number of anilines is 1. The van der Waals surface area contributed by atoms with Gasteiger partial charge in [0.1, 0.15) is 17.8 Å². The summed E-state index contributed by atoms with van der Waals surface area (Å²) in [5, 5.41) is 4.45. The van der Waals surface area contributed by atoms with Crippen molar-refractivity contribution in [3.05, 3.63) is 53.5 Å². The lowest BCUT2D eigenvalue weighted by Gasteiger charge is -2.25. The Labute approximate surface area is 159 Å². The zero-order chi connectivity index (χ0) is 19.8. The normalized spacial score (nSPS) is 19.3. The highest BCUT2D eigenvalue weighted by Gasteiger charge is 2.35. The Morgan fingerprint density at radius 3 is 2.89 bits per heavy atom. The third-order valence-electron chi connectivity index (χ3n) is 4.72. The number of alkyl halides is 1. The van der Waals surface area contributed by atoms with Crippen molar-refractivity contribution >= 4 is 17.4 Å². The Morgan fingerprint density at radius 1 is 1.36 bits per heavy atom. The van der Waals surface area contributed by atoms with E-state index in [1.807, 2.05) is 0 Å². The quantitative estimate of drug-likeness (QED) is 0.727. The molecule has 0 aliphatic carbocycles. The molecular formula is C19H19F2N5O2. The van der Waals surface area contributed by atoms with E-state index in [9.17, 15) is 13.6 Å². The number of nitrogens with two attached hydrogens (primary N) is 1. The molecule has 3 aromatic rings.